The third kappa shape index (κ3) is 7.42. The highest BCUT2D eigenvalue weighted by Crippen LogP contribution is 2.11. The molecule has 3 N–H and O–H groups in total. The van der Waals surface area contributed by atoms with Crippen LogP contribution in [0.5, 0.6) is 5.75 Å². The zero-order valence-electron chi connectivity index (χ0n) is 15.8. The number of rotatable bonds is 11. The minimum absolute atomic E-state index is 0.0868. The first kappa shape index (κ1) is 21.0. The molecular weight excluding hydrogens is 348 g/mol. The molecule has 0 unspecified atom stereocenters. The van der Waals surface area contributed by atoms with E-state index in [4.69, 9.17) is 14.0 Å². The van der Waals surface area contributed by atoms with E-state index >= 15 is 0 Å². The highest BCUT2D eigenvalue weighted by molar-refractivity contribution is 5.70. The summed E-state index contributed by atoms with van der Waals surface area (Å²) in [6.45, 7) is 4.26. The molecule has 1 aromatic carbocycles. The first-order valence-corrected chi connectivity index (χ1v) is 9.23. The van der Waals surface area contributed by atoms with E-state index in [-0.39, 0.29) is 12.6 Å². The van der Waals surface area contributed by atoms with Crippen molar-refractivity contribution in [2.45, 2.75) is 51.4 Å². The molecular formula is C20H28N2O5. The Balaban J connectivity index is 1.94. The monoisotopic (exact) mass is 376 g/mol. The van der Waals surface area contributed by atoms with Crippen LogP contribution in [0.4, 0.5) is 4.79 Å². The summed E-state index contributed by atoms with van der Waals surface area (Å²) in [5.41, 5.74) is 3.81. The van der Waals surface area contributed by atoms with Crippen molar-refractivity contribution in [2.75, 3.05) is 6.54 Å². The highest BCUT2D eigenvalue weighted by atomic mass is 16.7. The predicted molar refractivity (Wildman–Crippen MR) is 101 cm³/mol. The van der Waals surface area contributed by atoms with Crippen molar-refractivity contribution in [3.05, 3.63) is 54.5 Å². The summed E-state index contributed by atoms with van der Waals surface area (Å²) >= 11 is 0. The molecule has 1 heterocycles. The van der Waals surface area contributed by atoms with Crippen LogP contribution in [0, 0.1) is 0 Å². The molecule has 1 aromatic heterocycles. The normalized spacial score (nSPS) is 13.3. The number of carbonyl (C=O) groups excluding carboxylic acids is 1. The summed E-state index contributed by atoms with van der Waals surface area (Å²) < 4.78 is 10.0. The minimum Gasteiger partial charge on any atom is -0.469 e. The Labute approximate surface area is 159 Å². The van der Waals surface area contributed by atoms with Crippen LogP contribution in [-0.4, -0.2) is 36.0 Å². The molecule has 2 rings (SSSR count). The second-order valence-electron chi connectivity index (χ2n) is 6.26. The summed E-state index contributed by atoms with van der Waals surface area (Å²) in [7, 11) is 0. The first-order chi connectivity index (χ1) is 13.1. The van der Waals surface area contributed by atoms with E-state index < -0.39 is 18.2 Å². The van der Waals surface area contributed by atoms with Gasteiger partial charge >= 0.3 is 6.09 Å². The molecule has 0 aliphatic carbocycles. The van der Waals surface area contributed by atoms with Gasteiger partial charge in [0, 0.05) is 12.6 Å². The quantitative estimate of drug-likeness (QED) is 0.522. The predicted octanol–water partition coefficient (Wildman–Crippen LogP) is 3.05. The van der Waals surface area contributed by atoms with Gasteiger partial charge in [-0.25, -0.2) is 4.79 Å². The number of carbonyl (C=O) groups is 1. The Hall–Kier alpha value is -2.35. The third-order valence-corrected chi connectivity index (χ3v) is 4.22. The van der Waals surface area contributed by atoms with Gasteiger partial charge in [-0.05, 0) is 24.8 Å². The van der Waals surface area contributed by atoms with Crippen molar-refractivity contribution in [3.8, 4) is 5.75 Å². The van der Waals surface area contributed by atoms with Gasteiger partial charge in [-0.2, -0.15) is 5.48 Å². The third-order valence-electron chi connectivity index (χ3n) is 4.22. The molecule has 2 atom stereocenters. The largest absolute Gasteiger partial charge is 0.469 e. The molecule has 2 aromatic rings. The lowest BCUT2D eigenvalue weighted by Crippen LogP contribution is -2.49. The molecule has 0 spiro atoms. The lowest BCUT2D eigenvalue weighted by Gasteiger charge is -2.25. The fourth-order valence-corrected chi connectivity index (χ4v) is 2.60. The van der Waals surface area contributed by atoms with E-state index in [0.717, 1.165) is 18.4 Å². The van der Waals surface area contributed by atoms with Crippen LogP contribution in [0.25, 0.3) is 0 Å². The number of amides is 1. The number of aliphatic hydroxyl groups is 1. The number of ether oxygens (including phenoxy) is 1. The van der Waals surface area contributed by atoms with Gasteiger partial charge < -0.3 is 19.6 Å². The number of hydrogen-bond acceptors (Lipinski definition) is 6. The van der Waals surface area contributed by atoms with Crippen LogP contribution in [0.2, 0.25) is 0 Å². The number of benzene rings is 1. The van der Waals surface area contributed by atoms with E-state index in [1.54, 1.807) is 0 Å². The van der Waals surface area contributed by atoms with Crippen molar-refractivity contribution in [3.63, 3.8) is 0 Å². The van der Waals surface area contributed by atoms with E-state index in [1.165, 1.54) is 18.6 Å². The molecule has 0 saturated heterocycles. The average molecular weight is 376 g/mol. The molecule has 1 amide bonds. The molecule has 0 fully saturated rings. The molecule has 0 bridgehead atoms. The summed E-state index contributed by atoms with van der Waals surface area (Å²) in [5.74, 6) is 0.302. The lowest BCUT2D eigenvalue weighted by molar-refractivity contribution is -0.0470. The molecule has 27 heavy (non-hydrogen) atoms. The van der Waals surface area contributed by atoms with Crippen LogP contribution in [-0.2, 0) is 11.3 Å². The number of hydrogen-bond donors (Lipinski definition) is 3. The Kier molecular flexibility index (Phi) is 8.83. The van der Waals surface area contributed by atoms with Crippen molar-refractivity contribution in [1.82, 2.24) is 10.8 Å². The van der Waals surface area contributed by atoms with Crippen molar-refractivity contribution < 1.29 is 23.9 Å². The molecule has 0 radical (unpaired) electrons. The van der Waals surface area contributed by atoms with Gasteiger partial charge in [0.15, 0.2) is 5.75 Å². The standard InChI is InChI=1S/C20H28N2O5/c1-3-16(4-2)27-21-13-19(23)18(12-15-8-6-5-7-9-15)22-20(24)26-17-10-11-25-14-17/h5-11,14,16,18-19,21,23H,3-4,12-13H2,1-2H3,(H,22,24)/t18-,19+/m0/s1. The van der Waals surface area contributed by atoms with Crippen molar-refractivity contribution >= 4 is 6.09 Å². The maximum absolute atomic E-state index is 12.2. The van der Waals surface area contributed by atoms with Gasteiger partial charge in [0.05, 0.1) is 24.5 Å². The summed E-state index contributed by atoms with van der Waals surface area (Å²) in [5, 5.41) is 13.3. The van der Waals surface area contributed by atoms with Crippen LogP contribution < -0.4 is 15.5 Å². The van der Waals surface area contributed by atoms with Crippen LogP contribution in [0.1, 0.15) is 32.3 Å². The van der Waals surface area contributed by atoms with Crippen molar-refractivity contribution in [2.24, 2.45) is 0 Å². The van der Waals surface area contributed by atoms with E-state index in [0.29, 0.717) is 12.2 Å². The molecule has 7 heteroatoms. The fourth-order valence-electron chi connectivity index (χ4n) is 2.60. The topological polar surface area (TPSA) is 93.0 Å². The molecule has 7 nitrogen and oxygen atoms in total. The average Bonchev–Trinajstić information content (AvgIpc) is 3.18. The number of hydroxylamine groups is 1. The van der Waals surface area contributed by atoms with Crippen LogP contribution in [0.3, 0.4) is 0 Å². The highest BCUT2D eigenvalue weighted by Gasteiger charge is 2.23. The smallest absolute Gasteiger partial charge is 0.413 e. The van der Waals surface area contributed by atoms with Gasteiger partial charge in [0.1, 0.15) is 6.26 Å². The second kappa shape index (κ2) is 11.4. The Morgan fingerprint density at radius 1 is 1.19 bits per heavy atom. The maximum atomic E-state index is 12.2. The molecule has 0 aliphatic rings. The summed E-state index contributed by atoms with van der Waals surface area (Å²) in [6, 6.07) is 10.6. The lowest BCUT2D eigenvalue weighted by atomic mass is 10.0. The van der Waals surface area contributed by atoms with Crippen LogP contribution in [0.15, 0.2) is 53.3 Å². The number of aliphatic hydroxyl groups excluding tert-OH is 1. The van der Waals surface area contributed by atoms with Gasteiger partial charge in [-0.3, -0.25) is 4.84 Å². The summed E-state index contributed by atoms with van der Waals surface area (Å²) in [6.07, 6.45) is 3.52. The fraction of sp³-hybridized carbons (Fsp3) is 0.450. The van der Waals surface area contributed by atoms with Gasteiger partial charge in [-0.1, -0.05) is 44.2 Å². The van der Waals surface area contributed by atoms with E-state index in [1.807, 2.05) is 44.2 Å². The molecule has 0 saturated carbocycles. The number of nitrogens with one attached hydrogen (secondary N) is 2. The van der Waals surface area contributed by atoms with E-state index in [9.17, 15) is 9.90 Å². The Bertz CT molecular complexity index is 644. The molecule has 0 aliphatic heterocycles. The Morgan fingerprint density at radius 3 is 2.56 bits per heavy atom. The van der Waals surface area contributed by atoms with Gasteiger partial charge in [0.2, 0.25) is 0 Å². The van der Waals surface area contributed by atoms with Crippen molar-refractivity contribution in [1.29, 1.82) is 0 Å². The number of furan rings is 1. The summed E-state index contributed by atoms with van der Waals surface area (Å²) in [4.78, 5) is 17.7. The second-order valence-corrected chi connectivity index (χ2v) is 6.26. The Morgan fingerprint density at radius 2 is 1.93 bits per heavy atom. The van der Waals surface area contributed by atoms with Gasteiger partial charge in [-0.15, -0.1) is 0 Å². The maximum Gasteiger partial charge on any atom is 0.413 e. The van der Waals surface area contributed by atoms with E-state index in [2.05, 4.69) is 10.8 Å². The zero-order valence-corrected chi connectivity index (χ0v) is 15.8. The molecule has 148 valence electrons. The SMILES string of the molecule is CCC(CC)ONC[C@@H](O)[C@H](Cc1ccccc1)NC(=O)Oc1ccoc1. The van der Waals surface area contributed by atoms with Crippen LogP contribution >= 0.6 is 0 Å². The minimum atomic E-state index is -0.864. The van der Waals surface area contributed by atoms with Gasteiger partial charge in [0.25, 0.3) is 0 Å². The first-order valence-electron chi connectivity index (χ1n) is 9.23. The zero-order chi connectivity index (χ0) is 19.5.